The van der Waals surface area contributed by atoms with Gasteiger partial charge >= 0.3 is 0 Å². The molecule has 0 aliphatic rings. The average molecular weight is 272 g/mol. The predicted molar refractivity (Wildman–Crippen MR) is 62.7 cm³/mol. The monoisotopic (exact) mass is 271 g/mol. The highest BCUT2D eigenvalue weighted by Gasteiger charge is 2.06. The van der Waals surface area contributed by atoms with E-state index in [0.29, 0.717) is 12.1 Å². The number of nitrogens with one attached hydrogen (secondary N) is 1. The second kappa shape index (κ2) is 5.88. The Hall–Kier alpha value is -0.870. The van der Waals surface area contributed by atoms with Crippen molar-refractivity contribution in [3.05, 3.63) is 34.3 Å². The summed E-state index contributed by atoms with van der Waals surface area (Å²) in [5.41, 5.74) is 0.628. The van der Waals surface area contributed by atoms with Crippen LogP contribution in [-0.4, -0.2) is 24.2 Å². The molecule has 15 heavy (non-hydrogen) atoms. The Morgan fingerprint density at radius 2 is 2.07 bits per heavy atom. The molecule has 0 fully saturated rings. The highest BCUT2D eigenvalue weighted by Crippen LogP contribution is 2.10. The Balaban J connectivity index is 2.50. The minimum Gasteiger partial charge on any atom is -0.396 e. The van der Waals surface area contributed by atoms with Crippen molar-refractivity contribution in [2.75, 3.05) is 13.2 Å². The molecule has 1 aromatic carbocycles. The van der Waals surface area contributed by atoms with Crippen LogP contribution < -0.4 is 5.32 Å². The number of aliphatic hydroxyl groups is 1. The van der Waals surface area contributed by atoms with Crippen molar-refractivity contribution in [3.63, 3.8) is 0 Å². The van der Waals surface area contributed by atoms with E-state index in [-0.39, 0.29) is 18.4 Å². The Kier molecular flexibility index (Phi) is 4.78. The van der Waals surface area contributed by atoms with Gasteiger partial charge in [0.25, 0.3) is 5.91 Å². The van der Waals surface area contributed by atoms with Gasteiger partial charge in [-0.05, 0) is 30.2 Å². The Labute approximate surface area is 97.6 Å². The molecule has 2 N–H and O–H groups in total. The molecule has 1 atom stereocenters. The first-order chi connectivity index (χ1) is 7.13. The van der Waals surface area contributed by atoms with E-state index in [4.69, 9.17) is 5.11 Å². The summed E-state index contributed by atoms with van der Waals surface area (Å²) >= 11 is 3.30. The summed E-state index contributed by atoms with van der Waals surface area (Å²) in [6, 6.07) is 7.15. The Bertz CT molecular complexity index is 324. The van der Waals surface area contributed by atoms with E-state index >= 15 is 0 Å². The zero-order valence-electron chi connectivity index (χ0n) is 8.53. The lowest BCUT2D eigenvalue weighted by Crippen LogP contribution is -2.29. The van der Waals surface area contributed by atoms with E-state index in [1.807, 2.05) is 19.1 Å². The van der Waals surface area contributed by atoms with Gasteiger partial charge in [0.05, 0.1) is 0 Å². The van der Waals surface area contributed by atoms with E-state index in [1.165, 1.54) is 0 Å². The summed E-state index contributed by atoms with van der Waals surface area (Å²) in [6.07, 6.45) is 0. The van der Waals surface area contributed by atoms with Crippen LogP contribution >= 0.6 is 15.9 Å². The van der Waals surface area contributed by atoms with Crippen LogP contribution in [0.3, 0.4) is 0 Å². The van der Waals surface area contributed by atoms with Crippen molar-refractivity contribution < 1.29 is 9.90 Å². The van der Waals surface area contributed by atoms with Gasteiger partial charge in [0.15, 0.2) is 0 Å². The van der Waals surface area contributed by atoms with Crippen LogP contribution in [-0.2, 0) is 0 Å². The highest BCUT2D eigenvalue weighted by atomic mass is 79.9. The highest BCUT2D eigenvalue weighted by molar-refractivity contribution is 9.10. The Morgan fingerprint density at radius 1 is 1.47 bits per heavy atom. The molecule has 0 aliphatic carbocycles. The fourth-order valence-corrected chi connectivity index (χ4v) is 1.30. The lowest BCUT2D eigenvalue weighted by Gasteiger charge is -2.09. The van der Waals surface area contributed by atoms with Gasteiger partial charge in [-0.2, -0.15) is 0 Å². The van der Waals surface area contributed by atoms with Gasteiger partial charge in [-0.15, -0.1) is 0 Å². The summed E-state index contributed by atoms with van der Waals surface area (Å²) < 4.78 is 0.947. The van der Waals surface area contributed by atoms with E-state index in [2.05, 4.69) is 21.2 Å². The van der Waals surface area contributed by atoms with Gasteiger partial charge < -0.3 is 10.4 Å². The lowest BCUT2D eigenvalue weighted by atomic mass is 10.2. The molecule has 4 heteroatoms. The van der Waals surface area contributed by atoms with Gasteiger partial charge in [0.1, 0.15) is 0 Å². The summed E-state index contributed by atoms with van der Waals surface area (Å²) in [6.45, 7) is 2.45. The van der Waals surface area contributed by atoms with Gasteiger partial charge in [-0.3, -0.25) is 4.79 Å². The zero-order chi connectivity index (χ0) is 11.3. The SMILES string of the molecule is CC(CO)CNC(=O)c1ccc(Br)cc1. The molecule has 0 aromatic heterocycles. The molecule has 1 amide bonds. The van der Waals surface area contributed by atoms with E-state index in [1.54, 1.807) is 12.1 Å². The van der Waals surface area contributed by atoms with Crippen LogP contribution in [0, 0.1) is 5.92 Å². The molecule has 1 rings (SSSR count). The number of hydrogen-bond acceptors (Lipinski definition) is 2. The number of benzene rings is 1. The maximum Gasteiger partial charge on any atom is 0.251 e. The zero-order valence-corrected chi connectivity index (χ0v) is 10.1. The first-order valence-corrected chi connectivity index (χ1v) is 5.57. The summed E-state index contributed by atoms with van der Waals surface area (Å²) in [4.78, 5) is 11.6. The van der Waals surface area contributed by atoms with E-state index in [9.17, 15) is 4.79 Å². The van der Waals surface area contributed by atoms with Crippen LogP contribution in [0.5, 0.6) is 0 Å². The maximum absolute atomic E-state index is 11.6. The fraction of sp³-hybridized carbons (Fsp3) is 0.364. The number of aliphatic hydroxyl groups excluding tert-OH is 1. The molecular formula is C11H14BrNO2. The van der Waals surface area contributed by atoms with Gasteiger partial charge in [0.2, 0.25) is 0 Å². The van der Waals surface area contributed by atoms with Crippen LogP contribution in [0.2, 0.25) is 0 Å². The second-order valence-electron chi connectivity index (χ2n) is 3.50. The predicted octanol–water partition coefficient (Wildman–Crippen LogP) is 1.81. The van der Waals surface area contributed by atoms with Gasteiger partial charge in [-0.1, -0.05) is 22.9 Å². The Morgan fingerprint density at radius 3 is 2.60 bits per heavy atom. The van der Waals surface area contributed by atoms with Crippen molar-refractivity contribution in [2.24, 2.45) is 5.92 Å². The third-order valence-corrected chi connectivity index (χ3v) is 2.56. The summed E-state index contributed by atoms with van der Waals surface area (Å²) in [5, 5.41) is 11.6. The molecule has 1 aromatic rings. The third-order valence-electron chi connectivity index (χ3n) is 2.03. The van der Waals surface area contributed by atoms with Gasteiger partial charge in [0, 0.05) is 23.2 Å². The van der Waals surface area contributed by atoms with Crippen molar-refractivity contribution >= 4 is 21.8 Å². The molecule has 3 nitrogen and oxygen atoms in total. The summed E-state index contributed by atoms with van der Waals surface area (Å²) in [5.74, 6) is -0.0211. The smallest absolute Gasteiger partial charge is 0.251 e. The normalized spacial score (nSPS) is 12.2. The van der Waals surface area contributed by atoms with Crippen molar-refractivity contribution in [3.8, 4) is 0 Å². The molecule has 82 valence electrons. The molecule has 0 heterocycles. The van der Waals surface area contributed by atoms with Gasteiger partial charge in [-0.25, -0.2) is 0 Å². The molecule has 0 aliphatic heterocycles. The lowest BCUT2D eigenvalue weighted by molar-refractivity contribution is 0.0942. The standard InChI is InChI=1S/C11H14BrNO2/c1-8(7-14)6-13-11(15)9-2-4-10(12)5-3-9/h2-5,8,14H,6-7H2,1H3,(H,13,15). The topological polar surface area (TPSA) is 49.3 Å². The number of halogens is 1. The van der Waals surface area contributed by atoms with Crippen molar-refractivity contribution in [1.82, 2.24) is 5.32 Å². The first kappa shape index (κ1) is 12.2. The largest absolute Gasteiger partial charge is 0.396 e. The number of hydrogen-bond donors (Lipinski definition) is 2. The molecule has 0 radical (unpaired) electrons. The van der Waals surface area contributed by atoms with E-state index in [0.717, 1.165) is 4.47 Å². The molecule has 0 saturated carbocycles. The molecule has 0 spiro atoms. The minimum absolute atomic E-state index is 0.0839. The number of carbonyl (C=O) groups is 1. The maximum atomic E-state index is 11.6. The molecule has 0 bridgehead atoms. The minimum atomic E-state index is -0.109. The number of amides is 1. The van der Waals surface area contributed by atoms with Crippen molar-refractivity contribution in [1.29, 1.82) is 0 Å². The van der Waals surface area contributed by atoms with Crippen LogP contribution in [0.15, 0.2) is 28.7 Å². The van der Waals surface area contributed by atoms with Crippen LogP contribution in [0.4, 0.5) is 0 Å². The van der Waals surface area contributed by atoms with Crippen molar-refractivity contribution in [2.45, 2.75) is 6.92 Å². The third kappa shape index (κ3) is 4.01. The summed E-state index contributed by atoms with van der Waals surface area (Å²) in [7, 11) is 0. The second-order valence-corrected chi connectivity index (χ2v) is 4.42. The average Bonchev–Trinajstić information content (AvgIpc) is 2.26. The van der Waals surface area contributed by atoms with Crippen LogP contribution in [0.25, 0.3) is 0 Å². The fourth-order valence-electron chi connectivity index (χ4n) is 1.03. The molecule has 0 saturated heterocycles. The van der Waals surface area contributed by atoms with E-state index < -0.39 is 0 Å². The molecule has 1 unspecified atom stereocenters. The number of carbonyl (C=O) groups excluding carboxylic acids is 1. The first-order valence-electron chi connectivity index (χ1n) is 4.78. The molecular weight excluding hydrogens is 258 g/mol. The quantitative estimate of drug-likeness (QED) is 0.878. The number of rotatable bonds is 4. The van der Waals surface area contributed by atoms with Crippen LogP contribution in [0.1, 0.15) is 17.3 Å².